The van der Waals surface area contributed by atoms with Gasteiger partial charge in [-0.1, -0.05) is 39.3 Å². The van der Waals surface area contributed by atoms with Crippen LogP contribution in [0.3, 0.4) is 0 Å². The second kappa shape index (κ2) is 11.9. The fourth-order valence-corrected chi connectivity index (χ4v) is 6.74. The fraction of sp³-hybridized carbons (Fsp3) is 0.750. The number of amides is 3. The van der Waals surface area contributed by atoms with Crippen LogP contribution < -0.4 is 0 Å². The summed E-state index contributed by atoms with van der Waals surface area (Å²) >= 11 is 0. The molecule has 3 rings (SSSR count). The monoisotopic (exact) mass is 503 g/mol. The Hall–Kier alpha value is -2.19. The number of rotatable bonds is 14. The molecular weight excluding hydrogens is 458 g/mol. The van der Waals surface area contributed by atoms with Gasteiger partial charge in [0.25, 0.3) is 0 Å². The van der Waals surface area contributed by atoms with Crippen molar-refractivity contribution in [3.63, 3.8) is 0 Å². The second-order valence-corrected chi connectivity index (χ2v) is 10.5. The highest BCUT2D eigenvalue weighted by atomic mass is 16.5. The number of aliphatic hydroxyl groups is 1. The molecule has 0 radical (unpaired) electrons. The Morgan fingerprint density at radius 1 is 1.19 bits per heavy atom. The van der Waals surface area contributed by atoms with E-state index in [9.17, 15) is 19.5 Å². The van der Waals surface area contributed by atoms with E-state index in [1.807, 2.05) is 20.8 Å². The normalized spacial score (nSPS) is 30.1. The van der Waals surface area contributed by atoms with Gasteiger partial charge in [-0.15, -0.1) is 13.2 Å². The first-order valence-electron chi connectivity index (χ1n) is 13.7. The molecule has 3 unspecified atom stereocenters. The van der Waals surface area contributed by atoms with E-state index >= 15 is 0 Å². The molecule has 0 aliphatic carbocycles. The van der Waals surface area contributed by atoms with Gasteiger partial charge in [-0.3, -0.25) is 14.4 Å². The van der Waals surface area contributed by atoms with E-state index in [0.717, 1.165) is 19.3 Å². The lowest BCUT2D eigenvalue weighted by Gasteiger charge is -2.40. The van der Waals surface area contributed by atoms with E-state index in [0.29, 0.717) is 38.9 Å². The Kier molecular flexibility index (Phi) is 9.39. The van der Waals surface area contributed by atoms with Gasteiger partial charge in [0.05, 0.1) is 30.6 Å². The first-order chi connectivity index (χ1) is 17.3. The predicted molar refractivity (Wildman–Crippen MR) is 139 cm³/mol. The van der Waals surface area contributed by atoms with E-state index < -0.39 is 29.5 Å². The van der Waals surface area contributed by atoms with Crippen molar-refractivity contribution >= 4 is 17.7 Å². The molecule has 1 spiro atoms. The summed E-state index contributed by atoms with van der Waals surface area (Å²) < 4.78 is 6.57. The molecule has 3 aliphatic heterocycles. The summed E-state index contributed by atoms with van der Waals surface area (Å²) in [4.78, 5) is 47.3. The quantitative estimate of drug-likeness (QED) is 0.368. The van der Waals surface area contributed by atoms with Crippen LogP contribution in [0.15, 0.2) is 25.3 Å². The zero-order valence-corrected chi connectivity index (χ0v) is 22.5. The predicted octanol–water partition coefficient (Wildman–Crippen LogP) is 2.76. The maximum absolute atomic E-state index is 14.3. The van der Waals surface area contributed by atoms with Gasteiger partial charge >= 0.3 is 0 Å². The van der Waals surface area contributed by atoms with Crippen LogP contribution in [0.5, 0.6) is 0 Å². The molecule has 2 bridgehead atoms. The molecule has 202 valence electrons. The van der Waals surface area contributed by atoms with Crippen molar-refractivity contribution in [2.24, 2.45) is 11.8 Å². The first kappa shape index (κ1) is 28.4. The van der Waals surface area contributed by atoms with Crippen LogP contribution in [0.1, 0.15) is 66.2 Å². The minimum absolute atomic E-state index is 0.0363. The molecule has 0 aromatic rings. The third-order valence-electron chi connectivity index (χ3n) is 8.33. The SMILES string of the molecule is C=CCN(CCC)C(=O)[C@@H]1[C@@H]2CCC3(O2)C(C(=O)N(CC=C)C(C)CCC)N([C@@H](CC)CO)C(=O)[C@H]13. The van der Waals surface area contributed by atoms with E-state index in [2.05, 4.69) is 20.1 Å². The van der Waals surface area contributed by atoms with Crippen LogP contribution in [-0.4, -0.2) is 93.6 Å². The van der Waals surface area contributed by atoms with Crippen molar-refractivity contribution in [1.82, 2.24) is 14.7 Å². The molecule has 36 heavy (non-hydrogen) atoms. The molecule has 3 amide bonds. The standard InChI is InChI=1S/C28H45N3O5/c1-7-12-19(6)30(17-10-4)27(35)24-28-14-13-21(36-28)22(25(33)29(15-8-2)16-9-3)23(28)26(34)31(24)20(11-5)18-32/h8,10,19-24,32H,2,4,7,9,11-18H2,1,3,5-6H3/t19?,20-,21-,22+,23-,24?,28?/m0/s1. The van der Waals surface area contributed by atoms with Gasteiger partial charge < -0.3 is 24.5 Å². The average Bonchev–Trinajstić information content (AvgIpc) is 3.50. The average molecular weight is 504 g/mol. The van der Waals surface area contributed by atoms with Crippen molar-refractivity contribution in [3.8, 4) is 0 Å². The van der Waals surface area contributed by atoms with Crippen molar-refractivity contribution in [2.45, 2.75) is 96.1 Å². The molecule has 3 heterocycles. The number of carbonyl (C=O) groups is 3. The molecule has 0 saturated carbocycles. The summed E-state index contributed by atoms with van der Waals surface area (Å²) in [6.45, 7) is 16.8. The smallest absolute Gasteiger partial charge is 0.248 e. The minimum Gasteiger partial charge on any atom is -0.394 e. The number of ether oxygens (including phenoxy) is 1. The zero-order chi connectivity index (χ0) is 26.6. The summed E-state index contributed by atoms with van der Waals surface area (Å²) in [5, 5.41) is 10.2. The van der Waals surface area contributed by atoms with Crippen molar-refractivity contribution < 1.29 is 24.2 Å². The number of hydrogen-bond acceptors (Lipinski definition) is 5. The second-order valence-electron chi connectivity index (χ2n) is 10.5. The third-order valence-corrected chi connectivity index (χ3v) is 8.33. The summed E-state index contributed by atoms with van der Waals surface area (Å²) in [6.07, 6.45) is 7.25. The highest BCUT2D eigenvalue weighted by Crippen LogP contribution is 2.59. The van der Waals surface area contributed by atoms with E-state index in [1.54, 1.807) is 26.9 Å². The number of fused-ring (bicyclic) bond motifs is 1. The van der Waals surface area contributed by atoms with E-state index in [4.69, 9.17) is 4.74 Å². The van der Waals surface area contributed by atoms with Crippen LogP contribution in [0, 0.1) is 11.8 Å². The summed E-state index contributed by atoms with van der Waals surface area (Å²) in [6, 6.07) is -1.42. The molecule has 3 fully saturated rings. The number of likely N-dealkylation sites (tertiary alicyclic amines) is 1. The number of carbonyl (C=O) groups excluding carboxylic acids is 3. The first-order valence-corrected chi connectivity index (χ1v) is 13.7. The summed E-state index contributed by atoms with van der Waals surface area (Å²) in [7, 11) is 0. The lowest BCUT2D eigenvalue weighted by Crippen LogP contribution is -2.60. The number of aliphatic hydroxyl groups excluding tert-OH is 1. The Balaban J connectivity index is 2.08. The highest BCUT2D eigenvalue weighted by Gasteiger charge is 2.75. The summed E-state index contributed by atoms with van der Waals surface area (Å²) in [5.74, 6) is -1.88. The highest BCUT2D eigenvalue weighted by molar-refractivity contribution is 5.99. The number of hydrogen-bond donors (Lipinski definition) is 1. The molecule has 0 aromatic carbocycles. The van der Waals surface area contributed by atoms with Gasteiger partial charge in [0.15, 0.2) is 0 Å². The van der Waals surface area contributed by atoms with Crippen molar-refractivity contribution in [3.05, 3.63) is 25.3 Å². The maximum atomic E-state index is 14.3. The van der Waals surface area contributed by atoms with Crippen LogP contribution in [0.25, 0.3) is 0 Å². The van der Waals surface area contributed by atoms with Crippen LogP contribution in [0.2, 0.25) is 0 Å². The molecule has 1 N–H and O–H groups in total. The van der Waals surface area contributed by atoms with Crippen molar-refractivity contribution in [2.75, 3.05) is 26.2 Å². The van der Waals surface area contributed by atoms with Gasteiger partial charge in [0, 0.05) is 25.7 Å². The van der Waals surface area contributed by atoms with Gasteiger partial charge in [0.1, 0.15) is 11.6 Å². The molecule has 0 aromatic heterocycles. The van der Waals surface area contributed by atoms with Gasteiger partial charge in [-0.25, -0.2) is 0 Å². The van der Waals surface area contributed by atoms with Crippen LogP contribution in [0.4, 0.5) is 0 Å². The lowest BCUT2D eigenvalue weighted by atomic mass is 9.70. The molecular formula is C28H45N3O5. The van der Waals surface area contributed by atoms with E-state index in [1.165, 1.54) is 0 Å². The van der Waals surface area contributed by atoms with Crippen LogP contribution >= 0.6 is 0 Å². The zero-order valence-electron chi connectivity index (χ0n) is 22.5. The fourth-order valence-electron chi connectivity index (χ4n) is 6.74. The number of nitrogens with zero attached hydrogens (tertiary/aromatic N) is 3. The Morgan fingerprint density at radius 2 is 1.89 bits per heavy atom. The van der Waals surface area contributed by atoms with Gasteiger partial charge in [-0.2, -0.15) is 0 Å². The largest absolute Gasteiger partial charge is 0.394 e. The maximum Gasteiger partial charge on any atom is 0.248 e. The molecule has 3 saturated heterocycles. The Morgan fingerprint density at radius 3 is 2.44 bits per heavy atom. The Bertz CT molecular complexity index is 843. The van der Waals surface area contributed by atoms with Crippen LogP contribution in [-0.2, 0) is 19.1 Å². The minimum atomic E-state index is -1.06. The van der Waals surface area contributed by atoms with Gasteiger partial charge in [0.2, 0.25) is 17.7 Å². The lowest BCUT2D eigenvalue weighted by molar-refractivity contribution is -0.153. The molecule has 7 atom stereocenters. The molecule has 8 heteroatoms. The van der Waals surface area contributed by atoms with Gasteiger partial charge in [-0.05, 0) is 39.0 Å². The summed E-state index contributed by atoms with van der Waals surface area (Å²) in [5.41, 5.74) is -1.06. The van der Waals surface area contributed by atoms with E-state index in [-0.39, 0.29) is 36.5 Å². The molecule has 3 aliphatic rings. The third kappa shape index (κ3) is 4.62. The topological polar surface area (TPSA) is 90.4 Å². The molecule has 8 nitrogen and oxygen atoms in total. The Labute approximate surface area is 216 Å². The van der Waals surface area contributed by atoms with Crippen molar-refractivity contribution in [1.29, 1.82) is 0 Å².